The molecule has 1 N–H and O–H groups in total. The maximum Gasteiger partial charge on any atom is 0.129 e. The third-order valence-electron chi connectivity index (χ3n) is 3.33. The van der Waals surface area contributed by atoms with E-state index < -0.39 is 0 Å². The number of para-hydroxylation sites is 2. The number of fused-ring (bicyclic) bond motifs is 1. The second-order valence-electron chi connectivity index (χ2n) is 4.62. The highest BCUT2D eigenvalue weighted by molar-refractivity contribution is 6.30. The van der Waals surface area contributed by atoms with Crippen LogP contribution in [0.4, 0.5) is 5.69 Å². The molecular weight excluding hydrogens is 270 g/mol. The van der Waals surface area contributed by atoms with Crippen molar-refractivity contribution in [2.45, 2.75) is 20.0 Å². The fraction of sp³-hybridized carbons (Fsp3) is 0.188. The molecule has 3 nitrogen and oxygen atoms in total. The summed E-state index contributed by atoms with van der Waals surface area (Å²) in [5.74, 6) is 1.04. The zero-order valence-corrected chi connectivity index (χ0v) is 12.1. The Bertz CT molecular complexity index is 733. The Kier molecular flexibility index (Phi) is 3.61. The van der Waals surface area contributed by atoms with Crippen LogP contribution in [0.3, 0.4) is 0 Å². The molecule has 0 saturated carbocycles. The van der Waals surface area contributed by atoms with E-state index in [2.05, 4.69) is 27.9 Å². The van der Waals surface area contributed by atoms with Gasteiger partial charge in [0.15, 0.2) is 0 Å². The number of anilines is 1. The van der Waals surface area contributed by atoms with E-state index in [4.69, 9.17) is 11.6 Å². The van der Waals surface area contributed by atoms with E-state index in [9.17, 15) is 0 Å². The SMILES string of the molecule is CCn1c(CNc2cccc(Cl)c2)nc2ccccc21. The predicted octanol–water partition coefficient (Wildman–Crippen LogP) is 4.32. The van der Waals surface area contributed by atoms with E-state index in [-0.39, 0.29) is 0 Å². The smallest absolute Gasteiger partial charge is 0.129 e. The first kappa shape index (κ1) is 13.0. The molecule has 0 spiro atoms. The van der Waals surface area contributed by atoms with Crippen LogP contribution in [-0.2, 0) is 13.1 Å². The maximum absolute atomic E-state index is 5.99. The summed E-state index contributed by atoms with van der Waals surface area (Å²) < 4.78 is 2.23. The Hall–Kier alpha value is -2.00. The van der Waals surface area contributed by atoms with Crippen LogP contribution >= 0.6 is 11.6 Å². The Morgan fingerprint density at radius 1 is 1.15 bits per heavy atom. The van der Waals surface area contributed by atoms with Crippen LogP contribution in [-0.4, -0.2) is 9.55 Å². The molecule has 1 aromatic heterocycles. The number of nitrogens with one attached hydrogen (secondary N) is 1. The third-order valence-corrected chi connectivity index (χ3v) is 3.56. The summed E-state index contributed by atoms with van der Waals surface area (Å²) >= 11 is 5.99. The van der Waals surface area contributed by atoms with Crippen LogP contribution in [0, 0.1) is 0 Å². The fourth-order valence-corrected chi connectivity index (χ4v) is 2.58. The molecule has 0 atom stereocenters. The average molecular weight is 286 g/mol. The average Bonchev–Trinajstić information content (AvgIpc) is 2.82. The lowest BCUT2D eigenvalue weighted by atomic mass is 10.3. The predicted molar refractivity (Wildman–Crippen MR) is 84.2 cm³/mol. The first-order valence-electron chi connectivity index (χ1n) is 6.71. The molecule has 4 heteroatoms. The molecule has 0 saturated heterocycles. The van der Waals surface area contributed by atoms with Gasteiger partial charge in [0.25, 0.3) is 0 Å². The van der Waals surface area contributed by atoms with Gasteiger partial charge in [-0.15, -0.1) is 0 Å². The van der Waals surface area contributed by atoms with Crippen molar-refractivity contribution in [2.24, 2.45) is 0 Å². The Morgan fingerprint density at radius 3 is 2.80 bits per heavy atom. The zero-order valence-electron chi connectivity index (χ0n) is 11.3. The minimum absolute atomic E-state index is 0.683. The van der Waals surface area contributed by atoms with Gasteiger partial charge in [0.05, 0.1) is 17.6 Å². The third kappa shape index (κ3) is 2.49. The van der Waals surface area contributed by atoms with Crippen molar-refractivity contribution in [3.8, 4) is 0 Å². The zero-order chi connectivity index (χ0) is 13.9. The molecule has 0 radical (unpaired) electrons. The number of hydrogen-bond acceptors (Lipinski definition) is 2. The topological polar surface area (TPSA) is 29.9 Å². The van der Waals surface area contributed by atoms with Crippen LogP contribution in [0.2, 0.25) is 5.02 Å². The molecule has 0 aliphatic rings. The highest BCUT2D eigenvalue weighted by Gasteiger charge is 2.08. The van der Waals surface area contributed by atoms with Crippen LogP contribution in [0.25, 0.3) is 11.0 Å². The van der Waals surface area contributed by atoms with Gasteiger partial charge < -0.3 is 9.88 Å². The van der Waals surface area contributed by atoms with Crippen LogP contribution in [0.5, 0.6) is 0 Å². The van der Waals surface area contributed by atoms with Crippen molar-refractivity contribution in [1.29, 1.82) is 0 Å². The first-order valence-corrected chi connectivity index (χ1v) is 7.09. The first-order chi connectivity index (χ1) is 9.78. The maximum atomic E-state index is 5.99. The Morgan fingerprint density at radius 2 is 2.00 bits per heavy atom. The highest BCUT2D eigenvalue weighted by atomic mass is 35.5. The van der Waals surface area contributed by atoms with E-state index in [1.807, 2.05) is 42.5 Å². The highest BCUT2D eigenvalue weighted by Crippen LogP contribution is 2.18. The quantitative estimate of drug-likeness (QED) is 0.773. The monoisotopic (exact) mass is 285 g/mol. The molecule has 0 aliphatic carbocycles. The molecule has 3 aromatic rings. The number of aromatic nitrogens is 2. The molecule has 0 amide bonds. The molecule has 102 valence electrons. The largest absolute Gasteiger partial charge is 0.378 e. The van der Waals surface area contributed by atoms with Crippen LogP contribution < -0.4 is 5.32 Å². The van der Waals surface area contributed by atoms with Crippen molar-refractivity contribution in [2.75, 3.05) is 5.32 Å². The number of benzene rings is 2. The normalized spacial score (nSPS) is 10.9. The molecule has 0 aliphatic heterocycles. The molecule has 2 aromatic carbocycles. The summed E-state index contributed by atoms with van der Waals surface area (Å²) in [6.07, 6.45) is 0. The lowest BCUT2D eigenvalue weighted by molar-refractivity contribution is 0.729. The van der Waals surface area contributed by atoms with E-state index >= 15 is 0 Å². The Labute approximate surface area is 123 Å². The minimum Gasteiger partial charge on any atom is -0.378 e. The van der Waals surface area contributed by atoms with Gasteiger partial charge in [0.2, 0.25) is 0 Å². The van der Waals surface area contributed by atoms with Gasteiger partial charge in [-0.1, -0.05) is 29.8 Å². The molecule has 0 unspecified atom stereocenters. The van der Waals surface area contributed by atoms with Gasteiger partial charge in [-0.05, 0) is 37.3 Å². The summed E-state index contributed by atoms with van der Waals surface area (Å²) in [6.45, 7) is 3.73. The van der Waals surface area contributed by atoms with Crippen molar-refractivity contribution < 1.29 is 0 Å². The second-order valence-corrected chi connectivity index (χ2v) is 5.06. The number of hydrogen-bond donors (Lipinski definition) is 1. The van der Waals surface area contributed by atoms with E-state index in [1.54, 1.807) is 0 Å². The summed E-state index contributed by atoms with van der Waals surface area (Å²) in [4.78, 5) is 4.69. The molecule has 3 rings (SSSR count). The molecule has 0 bridgehead atoms. The van der Waals surface area contributed by atoms with Gasteiger partial charge in [-0.25, -0.2) is 4.98 Å². The van der Waals surface area contributed by atoms with Gasteiger partial charge in [0.1, 0.15) is 5.82 Å². The lowest BCUT2D eigenvalue weighted by Crippen LogP contribution is -2.07. The number of rotatable bonds is 4. The van der Waals surface area contributed by atoms with E-state index in [0.29, 0.717) is 6.54 Å². The van der Waals surface area contributed by atoms with Crippen molar-refractivity contribution in [3.05, 3.63) is 59.4 Å². The fourth-order valence-electron chi connectivity index (χ4n) is 2.39. The molecular formula is C16H16ClN3. The number of nitrogens with zero attached hydrogens (tertiary/aromatic N) is 2. The minimum atomic E-state index is 0.683. The molecule has 1 heterocycles. The molecule has 20 heavy (non-hydrogen) atoms. The second kappa shape index (κ2) is 5.55. The van der Waals surface area contributed by atoms with Crippen molar-refractivity contribution >= 4 is 28.3 Å². The van der Waals surface area contributed by atoms with E-state index in [0.717, 1.165) is 28.6 Å². The Balaban J connectivity index is 1.87. The van der Waals surface area contributed by atoms with E-state index in [1.165, 1.54) is 5.52 Å². The van der Waals surface area contributed by atoms with Gasteiger partial charge >= 0.3 is 0 Å². The summed E-state index contributed by atoms with van der Waals surface area (Å²) in [5.41, 5.74) is 3.22. The van der Waals surface area contributed by atoms with Gasteiger partial charge in [-0.3, -0.25) is 0 Å². The van der Waals surface area contributed by atoms with Crippen LogP contribution in [0.1, 0.15) is 12.7 Å². The van der Waals surface area contributed by atoms with Gasteiger partial charge in [0, 0.05) is 17.3 Å². The van der Waals surface area contributed by atoms with Crippen molar-refractivity contribution in [3.63, 3.8) is 0 Å². The molecule has 0 fully saturated rings. The standard InChI is InChI=1S/C16H16ClN3/c1-2-20-15-9-4-3-8-14(15)19-16(20)11-18-13-7-5-6-12(17)10-13/h3-10,18H,2,11H2,1H3. The number of imidazole rings is 1. The van der Waals surface area contributed by atoms with Crippen LogP contribution in [0.15, 0.2) is 48.5 Å². The lowest BCUT2D eigenvalue weighted by Gasteiger charge is -2.08. The summed E-state index contributed by atoms with van der Waals surface area (Å²) in [6, 6.07) is 15.9. The number of aryl methyl sites for hydroxylation is 1. The summed E-state index contributed by atoms with van der Waals surface area (Å²) in [7, 11) is 0. The van der Waals surface area contributed by atoms with Crippen molar-refractivity contribution in [1.82, 2.24) is 9.55 Å². The number of halogens is 1. The summed E-state index contributed by atoms with van der Waals surface area (Å²) in [5, 5.41) is 4.10. The van der Waals surface area contributed by atoms with Gasteiger partial charge in [-0.2, -0.15) is 0 Å².